The van der Waals surface area contributed by atoms with Crippen LogP contribution in [0.5, 0.6) is 0 Å². The molecule has 1 saturated carbocycles. The Kier molecular flexibility index (Phi) is 4.31. The second-order valence-electron chi connectivity index (χ2n) is 5.51. The molecule has 1 aromatic carbocycles. The predicted molar refractivity (Wildman–Crippen MR) is 75.9 cm³/mol. The molecule has 0 heterocycles. The van der Waals surface area contributed by atoms with Crippen molar-refractivity contribution < 1.29 is 5.11 Å². The molecule has 0 aliphatic heterocycles. The van der Waals surface area contributed by atoms with Gasteiger partial charge in [-0.2, -0.15) is 0 Å². The van der Waals surface area contributed by atoms with E-state index in [9.17, 15) is 5.11 Å². The van der Waals surface area contributed by atoms with Crippen LogP contribution in [-0.2, 0) is 0 Å². The zero-order chi connectivity index (χ0) is 13.2. The van der Waals surface area contributed by atoms with Crippen molar-refractivity contribution in [2.45, 2.75) is 43.7 Å². The van der Waals surface area contributed by atoms with Gasteiger partial charge in [0.1, 0.15) is 0 Å². The lowest BCUT2D eigenvalue weighted by Crippen LogP contribution is -2.50. The largest absolute Gasteiger partial charge is 0.386 e. The molecule has 2 rings (SSSR count). The first-order valence-electron chi connectivity index (χ1n) is 6.67. The molecule has 0 bridgehead atoms. The first-order valence-corrected chi connectivity index (χ1v) is 7.05. The Balaban J connectivity index is 2.27. The normalized spacial score (nSPS) is 20.9. The number of hydrogen-bond acceptors (Lipinski definition) is 2. The van der Waals surface area contributed by atoms with Crippen LogP contribution in [0.25, 0.3) is 0 Å². The molecule has 1 aromatic rings. The highest BCUT2D eigenvalue weighted by atomic mass is 35.5. The summed E-state index contributed by atoms with van der Waals surface area (Å²) in [6.07, 6.45) is 5.35. The molecule has 1 atom stereocenters. The molecule has 3 heteroatoms. The van der Waals surface area contributed by atoms with Crippen molar-refractivity contribution in [2.75, 3.05) is 14.1 Å². The topological polar surface area (TPSA) is 23.5 Å². The van der Waals surface area contributed by atoms with Gasteiger partial charge in [-0.25, -0.2) is 0 Å². The smallest absolute Gasteiger partial charge is 0.0973 e. The maximum Gasteiger partial charge on any atom is 0.0973 e. The average molecular weight is 268 g/mol. The molecular weight excluding hydrogens is 246 g/mol. The maximum absolute atomic E-state index is 10.8. The van der Waals surface area contributed by atoms with Gasteiger partial charge in [-0.05, 0) is 44.6 Å². The van der Waals surface area contributed by atoms with E-state index in [-0.39, 0.29) is 5.54 Å². The molecule has 100 valence electrons. The molecular formula is C15H22ClNO. The summed E-state index contributed by atoms with van der Waals surface area (Å²) in [4.78, 5) is 2.20. The summed E-state index contributed by atoms with van der Waals surface area (Å²) < 4.78 is 0. The van der Waals surface area contributed by atoms with E-state index in [4.69, 9.17) is 11.6 Å². The summed E-state index contributed by atoms with van der Waals surface area (Å²) in [6.45, 7) is 0. The Morgan fingerprint density at radius 1 is 1.11 bits per heavy atom. The lowest BCUT2D eigenvalue weighted by atomic mass is 9.74. The van der Waals surface area contributed by atoms with Crippen LogP contribution in [0.1, 0.15) is 43.8 Å². The van der Waals surface area contributed by atoms with Crippen LogP contribution in [0.3, 0.4) is 0 Å². The van der Waals surface area contributed by atoms with Gasteiger partial charge in [0, 0.05) is 5.02 Å². The number of nitrogens with zero attached hydrogens (tertiary/aromatic N) is 1. The third-order valence-corrected chi connectivity index (χ3v) is 4.56. The number of rotatable bonds is 3. The summed E-state index contributed by atoms with van der Waals surface area (Å²) >= 11 is 5.91. The first-order chi connectivity index (χ1) is 8.56. The fourth-order valence-corrected chi connectivity index (χ4v) is 3.21. The second-order valence-corrected chi connectivity index (χ2v) is 5.95. The van der Waals surface area contributed by atoms with Gasteiger partial charge < -0.3 is 10.0 Å². The van der Waals surface area contributed by atoms with Crippen LogP contribution in [-0.4, -0.2) is 29.6 Å². The van der Waals surface area contributed by atoms with E-state index in [0.717, 1.165) is 18.4 Å². The fraction of sp³-hybridized carbons (Fsp3) is 0.600. The zero-order valence-corrected chi connectivity index (χ0v) is 12.0. The van der Waals surface area contributed by atoms with Crippen LogP contribution in [0, 0.1) is 0 Å². The summed E-state index contributed by atoms with van der Waals surface area (Å²) in [6, 6.07) is 7.58. The van der Waals surface area contributed by atoms with Gasteiger partial charge >= 0.3 is 0 Å². The number of aliphatic hydroxyl groups excluding tert-OH is 1. The van der Waals surface area contributed by atoms with Crippen molar-refractivity contribution >= 4 is 11.6 Å². The number of benzene rings is 1. The molecule has 0 aromatic heterocycles. The van der Waals surface area contributed by atoms with E-state index in [1.54, 1.807) is 0 Å². The van der Waals surface area contributed by atoms with Gasteiger partial charge in [-0.15, -0.1) is 0 Å². The molecule has 0 saturated heterocycles. The minimum Gasteiger partial charge on any atom is -0.386 e. The SMILES string of the molecule is CN(C)C1(C(O)c2ccc(Cl)cc2)CCCCC1. The van der Waals surface area contributed by atoms with Gasteiger partial charge in [0.2, 0.25) is 0 Å². The summed E-state index contributed by atoms with van der Waals surface area (Å²) in [5, 5.41) is 11.5. The highest BCUT2D eigenvalue weighted by Crippen LogP contribution is 2.41. The van der Waals surface area contributed by atoms with Crippen LogP contribution >= 0.6 is 11.6 Å². The van der Waals surface area contributed by atoms with Gasteiger partial charge in [0.05, 0.1) is 11.6 Å². The number of aliphatic hydroxyl groups is 1. The molecule has 0 radical (unpaired) electrons. The summed E-state index contributed by atoms with van der Waals surface area (Å²) in [7, 11) is 4.15. The Hall–Kier alpha value is -0.570. The standard InChI is InChI=1S/C15H22ClNO/c1-17(2)15(10-4-3-5-11-15)14(18)12-6-8-13(16)9-7-12/h6-9,14,18H,3-5,10-11H2,1-2H3. The lowest BCUT2D eigenvalue weighted by Gasteiger charge is -2.46. The highest BCUT2D eigenvalue weighted by molar-refractivity contribution is 6.30. The van der Waals surface area contributed by atoms with E-state index in [0.29, 0.717) is 5.02 Å². The van der Waals surface area contributed by atoms with Crippen molar-refractivity contribution in [3.8, 4) is 0 Å². The molecule has 1 N–H and O–H groups in total. The van der Waals surface area contributed by atoms with Crippen molar-refractivity contribution in [1.29, 1.82) is 0 Å². The molecule has 18 heavy (non-hydrogen) atoms. The van der Waals surface area contributed by atoms with Gasteiger partial charge in [0.15, 0.2) is 0 Å². The Morgan fingerprint density at radius 3 is 2.17 bits per heavy atom. The Bertz CT molecular complexity index is 382. The van der Waals surface area contributed by atoms with Gasteiger partial charge in [-0.3, -0.25) is 0 Å². The highest BCUT2D eigenvalue weighted by Gasteiger charge is 2.41. The van der Waals surface area contributed by atoms with Crippen LogP contribution < -0.4 is 0 Å². The van der Waals surface area contributed by atoms with E-state index >= 15 is 0 Å². The zero-order valence-electron chi connectivity index (χ0n) is 11.2. The average Bonchev–Trinajstić information content (AvgIpc) is 2.39. The first kappa shape index (κ1) is 13.9. The minimum absolute atomic E-state index is 0.119. The maximum atomic E-state index is 10.8. The van der Waals surface area contributed by atoms with Gasteiger partial charge in [0.25, 0.3) is 0 Å². The van der Waals surface area contributed by atoms with Crippen LogP contribution in [0.4, 0.5) is 0 Å². The van der Waals surface area contributed by atoms with Crippen LogP contribution in [0.15, 0.2) is 24.3 Å². The van der Waals surface area contributed by atoms with E-state index in [1.165, 1.54) is 19.3 Å². The van der Waals surface area contributed by atoms with Crippen molar-refractivity contribution in [3.63, 3.8) is 0 Å². The Morgan fingerprint density at radius 2 is 1.67 bits per heavy atom. The molecule has 1 aliphatic carbocycles. The molecule has 1 fully saturated rings. The minimum atomic E-state index is -0.440. The molecule has 1 unspecified atom stereocenters. The third kappa shape index (κ3) is 2.56. The molecule has 1 aliphatic rings. The fourth-order valence-electron chi connectivity index (χ4n) is 3.08. The Labute approximate surface area is 115 Å². The lowest BCUT2D eigenvalue weighted by molar-refractivity contribution is -0.0335. The molecule has 0 spiro atoms. The third-order valence-electron chi connectivity index (χ3n) is 4.30. The van der Waals surface area contributed by atoms with E-state index < -0.39 is 6.10 Å². The predicted octanol–water partition coefficient (Wildman–Crippen LogP) is 3.64. The monoisotopic (exact) mass is 267 g/mol. The van der Waals surface area contributed by atoms with Crippen molar-refractivity contribution in [3.05, 3.63) is 34.9 Å². The molecule has 2 nitrogen and oxygen atoms in total. The van der Waals surface area contributed by atoms with Gasteiger partial charge in [-0.1, -0.05) is 43.0 Å². The summed E-state index contributed by atoms with van der Waals surface area (Å²) in [5.41, 5.74) is 0.849. The quantitative estimate of drug-likeness (QED) is 0.904. The molecule has 0 amide bonds. The number of hydrogen-bond donors (Lipinski definition) is 1. The summed E-state index contributed by atoms with van der Waals surface area (Å²) in [5.74, 6) is 0. The van der Waals surface area contributed by atoms with E-state index in [2.05, 4.69) is 19.0 Å². The van der Waals surface area contributed by atoms with Crippen molar-refractivity contribution in [1.82, 2.24) is 4.90 Å². The van der Waals surface area contributed by atoms with Crippen molar-refractivity contribution in [2.24, 2.45) is 0 Å². The van der Waals surface area contributed by atoms with Crippen LogP contribution in [0.2, 0.25) is 5.02 Å². The number of likely N-dealkylation sites (N-methyl/N-ethyl adjacent to an activating group) is 1. The van der Waals surface area contributed by atoms with E-state index in [1.807, 2.05) is 24.3 Å². The second kappa shape index (κ2) is 5.60. The number of halogens is 1.